The van der Waals surface area contributed by atoms with E-state index in [0.717, 1.165) is 11.6 Å². The minimum atomic E-state index is -0.721. The van der Waals surface area contributed by atoms with Crippen molar-refractivity contribution in [1.82, 2.24) is 15.1 Å². The van der Waals surface area contributed by atoms with Gasteiger partial charge in [-0.25, -0.2) is 18.7 Å². The zero-order chi connectivity index (χ0) is 19.5. The van der Waals surface area contributed by atoms with Crippen LogP contribution in [0, 0.1) is 18.6 Å². The van der Waals surface area contributed by atoms with E-state index < -0.39 is 11.6 Å². The van der Waals surface area contributed by atoms with Crippen molar-refractivity contribution in [3.05, 3.63) is 78.1 Å². The Morgan fingerprint density at radius 3 is 2.25 bits per heavy atom. The molecule has 0 radical (unpaired) electrons. The summed E-state index contributed by atoms with van der Waals surface area (Å²) in [4.78, 5) is 8.93. The first kappa shape index (κ1) is 17.6. The van der Waals surface area contributed by atoms with Crippen molar-refractivity contribution in [2.75, 3.05) is 10.6 Å². The van der Waals surface area contributed by atoms with Crippen LogP contribution in [0.2, 0.25) is 0 Å². The molecule has 28 heavy (non-hydrogen) atoms. The molecule has 2 N–H and O–H groups in total. The molecule has 0 fully saturated rings. The van der Waals surface area contributed by atoms with E-state index in [1.165, 1.54) is 12.1 Å². The third kappa shape index (κ3) is 3.96. The summed E-state index contributed by atoms with van der Waals surface area (Å²) in [7, 11) is 0. The molecule has 8 heteroatoms. The van der Waals surface area contributed by atoms with Crippen molar-refractivity contribution in [1.29, 1.82) is 0 Å². The molecule has 0 aliphatic rings. The Labute approximate surface area is 159 Å². The summed E-state index contributed by atoms with van der Waals surface area (Å²) in [6.45, 7) is 1.78. The molecule has 6 nitrogen and oxygen atoms in total. The molecule has 0 spiro atoms. The number of nitrogens with zero attached hydrogens (tertiary/aromatic N) is 3. The maximum atomic E-state index is 14.0. The van der Waals surface area contributed by atoms with Crippen LogP contribution >= 0.6 is 0 Å². The van der Waals surface area contributed by atoms with Gasteiger partial charge in [-0.3, -0.25) is 0 Å². The van der Waals surface area contributed by atoms with Crippen LogP contribution < -0.4 is 10.6 Å². The Morgan fingerprint density at radius 2 is 1.57 bits per heavy atom. The largest absolute Gasteiger partial charge is 0.360 e. The van der Waals surface area contributed by atoms with Crippen LogP contribution in [0.15, 0.2) is 65.2 Å². The number of nitrogens with one attached hydrogen (secondary N) is 2. The fourth-order valence-corrected chi connectivity index (χ4v) is 2.58. The highest BCUT2D eigenvalue weighted by molar-refractivity contribution is 5.67. The third-order valence-electron chi connectivity index (χ3n) is 3.84. The zero-order valence-corrected chi connectivity index (χ0v) is 14.8. The Bertz CT molecular complexity index is 1110. The highest BCUT2D eigenvalue weighted by Gasteiger charge is 2.11. The molecule has 0 saturated carbocycles. The third-order valence-corrected chi connectivity index (χ3v) is 3.84. The van der Waals surface area contributed by atoms with E-state index in [0.29, 0.717) is 29.0 Å². The van der Waals surface area contributed by atoms with Crippen LogP contribution in [0.25, 0.3) is 11.4 Å². The molecular formula is C20H15F2N5O. The normalized spacial score (nSPS) is 10.7. The van der Waals surface area contributed by atoms with Gasteiger partial charge in [0.25, 0.3) is 0 Å². The maximum Gasteiger partial charge on any atom is 0.175 e. The van der Waals surface area contributed by atoms with E-state index in [9.17, 15) is 8.78 Å². The number of anilines is 4. The lowest BCUT2D eigenvalue weighted by atomic mass is 10.2. The Kier molecular flexibility index (Phi) is 4.67. The van der Waals surface area contributed by atoms with Gasteiger partial charge in [-0.1, -0.05) is 35.5 Å². The van der Waals surface area contributed by atoms with Crippen molar-refractivity contribution in [2.45, 2.75) is 6.92 Å². The summed E-state index contributed by atoms with van der Waals surface area (Å²) in [6.07, 6.45) is 0. The number of aryl methyl sites for hydroxylation is 1. The SMILES string of the molecule is Cc1cc(Nc2cc(Nc3ccc(F)cc3F)nc(-c3ccccc3)n2)no1. The molecule has 0 bridgehead atoms. The number of benzene rings is 2. The Hall–Kier alpha value is -3.81. The number of hydrogen-bond donors (Lipinski definition) is 2. The van der Waals surface area contributed by atoms with Crippen LogP contribution in [0.4, 0.5) is 31.9 Å². The first-order valence-electron chi connectivity index (χ1n) is 8.44. The first-order chi connectivity index (χ1) is 13.6. The molecule has 0 saturated heterocycles. The molecule has 140 valence electrons. The van der Waals surface area contributed by atoms with E-state index >= 15 is 0 Å². The van der Waals surface area contributed by atoms with E-state index in [1.807, 2.05) is 30.3 Å². The molecule has 4 aromatic rings. The van der Waals surface area contributed by atoms with E-state index in [-0.39, 0.29) is 5.69 Å². The van der Waals surface area contributed by atoms with Crippen LogP contribution in [0.1, 0.15) is 5.76 Å². The van der Waals surface area contributed by atoms with E-state index in [2.05, 4.69) is 25.8 Å². The van der Waals surface area contributed by atoms with Crippen LogP contribution in [-0.4, -0.2) is 15.1 Å². The second kappa shape index (κ2) is 7.43. The summed E-state index contributed by atoms with van der Waals surface area (Å²) in [5.74, 6) is 0.951. The molecule has 0 aliphatic heterocycles. The maximum absolute atomic E-state index is 14.0. The number of halogens is 2. The summed E-state index contributed by atoms with van der Waals surface area (Å²) in [5, 5.41) is 9.78. The lowest BCUT2D eigenvalue weighted by Crippen LogP contribution is -2.03. The molecule has 0 atom stereocenters. The van der Waals surface area contributed by atoms with Gasteiger partial charge in [0.2, 0.25) is 0 Å². The zero-order valence-electron chi connectivity index (χ0n) is 14.8. The van der Waals surface area contributed by atoms with E-state index in [4.69, 9.17) is 4.52 Å². The molecule has 4 rings (SSSR count). The predicted octanol–water partition coefficient (Wildman–Crippen LogP) is 5.21. The number of rotatable bonds is 5. The average molecular weight is 379 g/mol. The summed E-state index contributed by atoms with van der Waals surface area (Å²) in [5.41, 5.74) is 0.882. The standard InChI is InChI=1S/C20H15F2N5O/c1-12-9-19(27-28-12)24-18-11-17(23-16-8-7-14(21)10-15(16)22)25-20(26-18)13-5-3-2-4-6-13/h2-11H,1H3,(H2,23,24,25,26,27). The van der Waals surface area contributed by atoms with Gasteiger partial charge >= 0.3 is 0 Å². The average Bonchev–Trinajstić information content (AvgIpc) is 3.09. The minimum absolute atomic E-state index is 0.0994. The number of hydrogen-bond acceptors (Lipinski definition) is 6. The Morgan fingerprint density at radius 1 is 0.821 bits per heavy atom. The second-order valence-electron chi connectivity index (χ2n) is 6.03. The fraction of sp³-hybridized carbons (Fsp3) is 0.0500. The highest BCUT2D eigenvalue weighted by atomic mass is 19.1. The molecule has 0 amide bonds. The topological polar surface area (TPSA) is 75.9 Å². The summed E-state index contributed by atoms with van der Waals surface area (Å²) in [6, 6.07) is 15.9. The van der Waals surface area contributed by atoms with Gasteiger partial charge in [0, 0.05) is 23.8 Å². The quantitative estimate of drug-likeness (QED) is 0.496. The van der Waals surface area contributed by atoms with Crippen molar-refractivity contribution >= 4 is 23.1 Å². The summed E-state index contributed by atoms with van der Waals surface area (Å²) >= 11 is 0. The van der Waals surface area contributed by atoms with Gasteiger partial charge in [-0.05, 0) is 19.1 Å². The van der Waals surface area contributed by atoms with Gasteiger partial charge in [0.05, 0.1) is 5.69 Å². The smallest absolute Gasteiger partial charge is 0.175 e. The van der Waals surface area contributed by atoms with Gasteiger partial charge in [-0.2, -0.15) is 0 Å². The van der Waals surface area contributed by atoms with Gasteiger partial charge in [-0.15, -0.1) is 0 Å². The molecular weight excluding hydrogens is 364 g/mol. The van der Waals surface area contributed by atoms with Crippen molar-refractivity contribution < 1.29 is 13.3 Å². The van der Waals surface area contributed by atoms with Crippen molar-refractivity contribution in [3.63, 3.8) is 0 Å². The first-order valence-corrected chi connectivity index (χ1v) is 8.44. The van der Waals surface area contributed by atoms with Crippen LogP contribution in [0.5, 0.6) is 0 Å². The predicted molar refractivity (Wildman–Crippen MR) is 102 cm³/mol. The van der Waals surface area contributed by atoms with Crippen molar-refractivity contribution in [3.8, 4) is 11.4 Å². The lowest BCUT2D eigenvalue weighted by molar-refractivity contribution is 0.400. The monoisotopic (exact) mass is 379 g/mol. The molecule has 2 heterocycles. The van der Waals surface area contributed by atoms with Crippen LogP contribution in [-0.2, 0) is 0 Å². The fourth-order valence-electron chi connectivity index (χ4n) is 2.58. The molecule has 0 aliphatic carbocycles. The van der Waals surface area contributed by atoms with E-state index in [1.54, 1.807) is 19.1 Å². The van der Waals surface area contributed by atoms with Crippen LogP contribution in [0.3, 0.4) is 0 Å². The molecule has 0 unspecified atom stereocenters. The van der Waals surface area contributed by atoms with Gasteiger partial charge in [0.15, 0.2) is 11.6 Å². The van der Waals surface area contributed by atoms with Gasteiger partial charge < -0.3 is 15.2 Å². The minimum Gasteiger partial charge on any atom is -0.360 e. The molecule has 2 aromatic carbocycles. The number of aromatic nitrogens is 3. The lowest BCUT2D eigenvalue weighted by Gasteiger charge is -2.11. The second-order valence-corrected chi connectivity index (χ2v) is 6.03. The van der Waals surface area contributed by atoms with Crippen molar-refractivity contribution in [2.24, 2.45) is 0 Å². The Balaban J connectivity index is 1.72. The highest BCUT2D eigenvalue weighted by Crippen LogP contribution is 2.26. The van der Waals surface area contributed by atoms with Gasteiger partial charge in [0.1, 0.15) is 29.0 Å². The molecule has 2 aromatic heterocycles. The summed E-state index contributed by atoms with van der Waals surface area (Å²) < 4.78 is 32.2.